The van der Waals surface area contributed by atoms with Crippen molar-refractivity contribution in [1.82, 2.24) is 4.90 Å². The largest absolute Gasteiger partial charge is 0.309 e. The molecule has 0 radical (unpaired) electrons. The Kier molecular flexibility index (Phi) is 12.6. The van der Waals surface area contributed by atoms with Crippen LogP contribution in [0.3, 0.4) is 0 Å². The third kappa shape index (κ3) is 11.4. The fourth-order valence-electron chi connectivity index (χ4n) is 0.613. The van der Waals surface area contributed by atoms with E-state index >= 15 is 0 Å². The first-order chi connectivity index (χ1) is 4.27. The molecule has 64 valence electrons. The van der Waals surface area contributed by atoms with Gasteiger partial charge in [0.05, 0.1) is 0 Å². The predicted octanol–water partition coefficient (Wildman–Crippen LogP) is 1.36. The molecule has 0 saturated heterocycles. The van der Waals surface area contributed by atoms with Gasteiger partial charge in [0.1, 0.15) is 0 Å². The van der Waals surface area contributed by atoms with Gasteiger partial charge < -0.3 is 4.90 Å². The maximum absolute atomic E-state index is 5.25. The monoisotopic (exact) mass is 184 g/mol. The van der Waals surface area contributed by atoms with Gasteiger partial charge >= 0.3 is 0 Å². The Bertz CT molecular complexity index is 61.7. The minimum absolute atomic E-state index is 0. The number of nitrogens with two attached hydrogens (primary N) is 1. The van der Waals surface area contributed by atoms with Gasteiger partial charge in [0.15, 0.2) is 0 Å². The Hall–Kier alpha value is 0.560. The molecule has 0 aliphatic carbocycles. The van der Waals surface area contributed by atoms with Crippen LogP contribution in [-0.2, 0) is 0 Å². The van der Waals surface area contributed by atoms with E-state index in [9.17, 15) is 0 Å². The fraction of sp³-hybridized carbons (Fsp3) is 1.00. The lowest BCUT2D eigenvalue weighted by Crippen LogP contribution is -2.12. The number of unbranched alkanes of at least 4 members (excludes halogenated alkanes) is 1. The van der Waals surface area contributed by atoms with E-state index in [1.165, 1.54) is 31.3 Å². The third-order valence-corrected chi connectivity index (χ3v) is 1.64. The van der Waals surface area contributed by atoms with Gasteiger partial charge in [-0.25, -0.2) is 0 Å². The lowest BCUT2D eigenvalue weighted by atomic mass is 10.3. The van der Waals surface area contributed by atoms with Crippen LogP contribution in [0, 0.1) is 0 Å². The third-order valence-electron chi connectivity index (χ3n) is 1.12. The summed E-state index contributed by atoms with van der Waals surface area (Å²) in [6.45, 7) is 1.18. The van der Waals surface area contributed by atoms with Crippen molar-refractivity contribution in [3.05, 3.63) is 0 Å². The maximum atomic E-state index is 5.25. The van der Waals surface area contributed by atoms with Gasteiger partial charge in [-0.1, -0.05) is 11.9 Å². The van der Waals surface area contributed by atoms with Crippen LogP contribution >= 0.6 is 24.4 Å². The summed E-state index contributed by atoms with van der Waals surface area (Å²) >= 11 is 1.43. The molecule has 0 aromatic heterocycles. The maximum Gasteiger partial charge on any atom is 0.00769 e. The second-order valence-corrected chi connectivity index (χ2v) is 3.12. The van der Waals surface area contributed by atoms with Crippen LogP contribution in [-0.4, -0.2) is 31.3 Å². The van der Waals surface area contributed by atoms with Crippen LogP contribution in [0.4, 0.5) is 0 Å². The standard InChI is InChI=1S/C6H16N2S.ClH/c1-8(2)5-3-4-6-9-7;/h3-7H2,1-2H3;1H. The summed E-state index contributed by atoms with van der Waals surface area (Å²) in [6.07, 6.45) is 2.50. The Morgan fingerprint density at radius 2 is 1.90 bits per heavy atom. The van der Waals surface area contributed by atoms with Crippen molar-refractivity contribution in [2.75, 3.05) is 26.4 Å². The molecule has 0 aromatic carbocycles. The average Bonchev–Trinajstić information content (AvgIpc) is 1.80. The van der Waals surface area contributed by atoms with E-state index in [2.05, 4.69) is 19.0 Å². The van der Waals surface area contributed by atoms with Gasteiger partial charge in [-0.05, 0) is 33.5 Å². The summed E-state index contributed by atoms with van der Waals surface area (Å²) in [4.78, 5) is 2.20. The first-order valence-electron chi connectivity index (χ1n) is 3.24. The lowest BCUT2D eigenvalue weighted by molar-refractivity contribution is 0.399. The van der Waals surface area contributed by atoms with Gasteiger partial charge in [-0.3, -0.25) is 5.14 Å². The molecule has 0 bridgehead atoms. The Morgan fingerprint density at radius 1 is 1.30 bits per heavy atom. The topological polar surface area (TPSA) is 29.3 Å². The molecule has 2 nitrogen and oxygen atoms in total. The highest BCUT2D eigenvalue weighted by Gasteiger charge is 1.88. The Morgan fingerprint density at radius 3 is 2.30 bits per heavy atom. The summed E-state index contributed by atoms with van der Waals surface area (Å²) in [5.74, 6) is 1.09. The average molecular weight is 185 g/mol. The van der Waals surface area contributed by atoms with Crippen molar-refractivity contribution in [2.24, 2.45) is 5.14 Å². The molecule has 0 spiro atoms. The molecule has 0 saturated carbocycles. The van der Waals surface area contributed by atoms with Crippen molar-refractivity contribution < 1.29 is 0 Å². The highest BCUT2D eigenvalue weighted by atomic mass is 35.5. The molecule has 0 atom stereocenters. The van der Waals surface area contributed by atoms with E-state index < -0.39 is 0 Å². The second-order valence-electron chi connectivity index (χ2n) is 2.38. The molecule has 4 heteroatoms. The smallest absolute Gasteiger partial charge is 0.00769 e. The van der Waals surface area contributed by atoms with Crippen molar-refractivity contribution in [1.29, 1.82) is 0 Å². The lowest BCUT2D eigenvalue weighted by Gasteiger charge is -2.07. The highest BCUT2D eigenvalue weighted by molar-refractivity contribution is 7.97. The van der Waals surface area contributed by atoms with E-state index in [4.69, 9.17) is 5.14 Å². The zero-order valence-corrected chi connectivity index (χ0v) is 8.30. The first-order valence-corrected chi connectivity index (χ1v) is 4.28. The van der Waals surface area contributed by atoms with Gasteiger partial charge in [-0.15, -0.1) is 12.4 Å². The SMILES string of the molecule is CN(C)CCCCSN.Cl. The van der Waals surface area contributed by atoms with Crippen LogP contribution in [0.15, 0.2) is 0 Å². The van der Waals surface area contributed by atoms with Crippen LogP contribution in [0.1, 0.15) is 12.8 Å². The van der Waals surface area contributed by atoms with Gasteiger partial charge in [0.25, 0.3) is 0 Å². The van der Waals surface area contributed by atoms with Gasteiger partial charge in [0.2, 0.25) is 0 Å². The number of hydrogen-bond donors (Lipinski definition) is 1. The number of halogens is 1. The molecular formula is C6H17ClN2S. The molecule has 0 rings (SSSR count). The van der Waals surface area contributed by atoms with E-state index in [1.807, 2.05) is 0 Å². The molecule has 0 heterocycles. The predicted molar refractivity (Wildman–Crippen MR) is 51.7 cm³/mol. The minimum Gasteiger partial charge on any atom is -0.309 e. The van der Waals surface area contributed by atoms with E-state index in [-0.39, 0.29) is 12.4 Å². The van der Waals surface area contributed by atoms with Gasteiger partial charge in [0, 0.05) is 5.75 Å². The minimum atomic E-state index is 0. The number of hydrogen-bond acceptors (Lipinski definition) is 3. The van der Waals surface area contributed by atoms with Crippen LogP contribution in [0.25, 0.3) is 0 Å². The number of rotatable bonds is 5. The van der Waals surface area contributed by atoms with Crippen molar-refractivity contribution >= 4 is 24.4 Å². The first kappa shape index (κ1) is 13.2. The van der Waals surface area contributed by atoms with Crippen LogP contribution in [0.5, 0.6) is 0 Å². The zero-order valence-electron chi connectivity index (χ0n) is 6.67. The molecular weight excluding hydrogens is 168 g/mol. The molecule has 0 aliphatic rings. The molecule has 0 amide bonds. The fourth-order valence-corrected chi connectivity index (χ4v) is 0.984. The molecule has 10 heavy (non-hydrogen) atoms. The molecule has 0 aliphatic heterocycles. The second kappa shape index (κ2) is 9.56. The van der Waals surface area contributed by atoms with Crippen molar-refractivity contribution in [3.8, 4) is 0 Å². The molecule has 2 N–H and O–H groups in total. The van der Waals surface area contributed by atoms with E-state index in [0.717, 1.165) is 5.75 Å². The number of nitrogens with zero attached hydrogens (tertiary/aromatic N) is 1. The summed E-state index contributed by atoms with van der Waals surface area (Å²) in [6, 6.07) is 0. The van der Waals surface area contributed by atoms with Crippen molar-refractivity contribution in [2.45, 2.75) is 12.8 Å². The van der Waals surface area contributed by atoms with Crippen molar-refractivity contribution in [3.63, 3.8) is 0 Å². The summed E-state index contributed by atoms with van der Waals surface area (Å²) in [5, 5.41) is 5.25. The normalized spacial score (nSPS) is 9.60. The summed E-state index contributed by atoms with van der Waals surface area (Å²) < 4.78 is 0. The van der Waals surface area contributed by atoms with E-state index in [1.54, 1.807) is 0 Å². The van der Waals surface area contributed by atoms with Gasteiger partial charge in [-0.2, -0.15) is 0 Å². The zero-order chi connectivity index (χ0) is 7.11. The quantitative estimate of drug-likeness (QED) is 0.517. The van der Waals surface area contributed by atoms with E-state index in [0.29, 0.717) is 0 Å². The Balaban J connectivity index is 0. The summed E-state index contributed by atoms with van der Waals surface area (Å²) in [7, 11) is 4.19. The highest BCUT2D eigenvalue weighted by Crippen LogP contribution is 1.95. The molecule has 0 aromatic rings. The molecule has 0 unspecified atom stereocenters. The molecule has 0 fully saturated rings. The van der Waals surface area contributed by atoms with Crippen LogP contribution < -0.4 is 5.14 Å². The van der Waals surface area contributed by atoms with Crippen LogP contribution in [0.2, 0.25) is 0 Å². The summed E-state index contributed by atoms with van der Waals surface area (Å²) in [5.41, 5.74) is 0. The Labute approximate surface area is 74.1 Å².